The molecule has 0 amide bonds. The number of benzene rings is 1. The van der Waals surface area contributed by atoms with Crippen LogP contribution >= 0.6 is 34.8 Å². The summed E-state index contributed by atoms with van der Waals surface area (Å²) in [6.07, 6.45) is 0.402. The van der Waals surface area contributed by atoms with Gasteiger partial charge in [0, 0.05) is 23.0 Å². The third-order valence-corrected chi connectivity index (χ3v) is 4.22. The van der Waals surface area contributed by atoms with E-state index in [2.05, 4.69) is 5.10 Å². The third-order valence-electron chi connectivity index (χ3n) is 3.35. The van der Waals surface area contributed by atoms with Gasteiger partial charge in [-0.15, -0.1) is 0 Å². The molecule has 0 aliphatic heterocycles. The second kappa shape index (κ2) is 7.01. The first-order chi connectivity index (χ1) is 9.96. The van der Waals surface area contributed by atoms with Gasteiger partial charge >= 0.3 is 0 Å². The van der Waals surface area contributed by atoms with Crippen LogP contribution in [0, 0.1) is 0 Å². The number of aryl methyl sites for hydroxylation is 2. The number of aliphatic hydroxyl groups is 1. The summed E-state index contributed by atoms with van der Waals surface area (Å²) in [5.41, 5.74) is 2.36. The monoisotopic (exact) mass is 346 g/mol. The SMILES string of the molecule is CCc1nn(CC)c(CC(O)c2cc(Cl)cc(Cl)c2)c1Cl. The molecule has 0 spiro atoms. The van der Waals surface area contributed by atoms with E-state index in [1.54, 1.807) is 18.2 Å². The molecule has 0 aliphatic carbocycles. The highest BCUT2D eigenvalue weighted by molar-refractivity contribution is 6.34. The van der Waals surface area contributed by atoms with Crippen LogP contribution in [0.4, 0.5) is 0 Å². The predicted octanol–water partition coefficient (Wildman–Crippen LogP) is 4.70. The van der Waals surface area contributed by atoms with Crippen LogP contribution in [0.25, 0.3) is 0 Å². The fraction of sp³-hybridized carbons (Fsp3) is 0.400. The molecule has 21 heavy (non-hydrogen) atoms. The highest BCUT2D eigenvalue weighted by Gasteiger charge is 2.19. The van der Waals surface area contributed by atoms with Crippen molar-refractivity contribution >= 4 is 34.8 Å². The van der Waals surface area contributed by atoms with Gasteiger partial charge in [0.15, 0.2) is 0 Å². The first kappa shape index (κ1) is 16.6. The van der Waals surface area contributed by atoms with Gasteiger partial charge in [-0.2, -0.15) is 5.10 Å². The van der Waals surface area contributed by atoms with Crippen molar-refractivity contribution in [3.63, 3.8) is 0 Å². The Kier molecular flexibility index (Phi) is 5.55. The summed E-state index contributed by atoms with van der Waals surface area (Å²) in [5, 5.41) is 16.5. The lowest BCUT2D eigenvalue weighted by atomic mass is 10.0. The molecule has 0 aliphatic rings. The average molecular weight is 348 g/mol. The van der Waals surface area contributed by atoms with E-state index in [0.29, 0.717) is 33.6 Å². The van der Waals surface area contributed by atoms with Crippen LogP contribution in [-0.4, -0.2) is 14.9 Å². The van der Waals surface area contributed by atoms with Crippen molar-refractivity contribution in [3.8, 4) is 0 Å². The van der Waals surface area contributed by atoms with E-state index in [9.17, 15) is 5.11 Å². The minimum Gasteiger partial charge on any atom is -0.388 e. The summed E-state index contributed by atoms with van der Waals surface area (Å²) < 4.78 is 1.83. The van der Waals surface area contributed by atoms with Gasteiger partial charge in [0.25, 0.3) is 0 Å². The van der Waals surface area contributed by atoms with E-state index < -0.39 is 6.10 Å². The maximum Gasteiger partial charge on any atom is 0.0851 e. The van der Waals surface area contributed by atoms with Gasteiger partial charge in [0.2, 0.25) is 0 Å². The summed E-state index contributed by atoms with van der Waals surface area (Å²) in [7, 11) is 0. The molecular weight excluding hydrogens is 331 g/mol. The van der Waals surface area contributed by atoms with Gasteiger partial charge in [0.05, 0.1) is 22.5 Å². The van der Waals surface area contributed by atoms with Crippen molar-refractivity contribution < 1.29 is 5.11 Å². The van der Waals surface area contributed by atoms with E-state index in [1.807, 2.05) is 18.5 Å². The van der Waals surface area contributed by atoms with E-state index in [1.165, 1.54) is 0 Å². The van der Waals surface area contributed by atoms with Gasteiger partial charge in [-0.1, -0.05) is 41.7 Å². The van der Waals surface area contributed by atoms with Crippen LogP contribution in [0.3, 0.4) is 0 Å². The van der Waals surface area contributed by atoms with Crippen molar-refractivity contribution in [2.75, 3.05) is 0 Å². The zero-order valence-electron chi connectivity index (χ0n) is 11.9. The van der Waals surface area contributed by atoms with Crippen LogP contribution in [-0.2, 0) is 19.4 Å². The van der Waals surface area contributed by atoms with Gasteiger partial charge in [-0.3, -0.25) is 4.68 Å². The maximum atomic E-state index is 10.4. The molecule has 6 heteroatoms. The number of halogens is 3. The summed E-state index contributed by atoms with van der Waals surface area (Å²) in [5.74, 6) is 0. The number of aliphatic hydroxyl groups excluding tert-OH is 1. The summed E-state index contributed by atoms with van der Waals surface area (Å²) >= 11 is 18.3. The molecule has 2 rings (SSSR count). The smallest absolute Gasteiger partial charge is 0.0851 e. The first-order valence-corrected chi connectivity index (χ1v) is 7.97. The normalized spacial score (nSPS) is 12.7. The molecule has 0 bridgehead atoms. The minimum absolute atomic E-state index is 0.371. The molecule has 0 saturated carbocycles. The number of nitrogens with zero attached hydrogens (tertiary/aromatic N) is 2. The van der Waals surface area contributed by atoms with E-state index >= 15 is 0 Å². The zero-order chi connectivity index (χ0) is 15.6. The molecular formula is C15H17Cl3N2O. The summed E-state index contributed by atoms with van der Waals surface area (Å²) in [4.78, 5) is 0. The van der Waals surface area contributed by atoms with E-state index in [4.69, 9.17) is 34.8 Å². The first-order valence-electron chi connectivity index (χ1n) is 6.84. The predicted molar refractivity (Wildman–Crippen MR) is 87.4 cm³/mol. The van der Waals surface area contributed by atoms with Crippen molar-refractivity contribution in [2.45, 2.75) is 39.3 Å². The lowest BCUT2D eigenvalue weighted by Crippen LogP contribution is -2.09. The molecule has 1 atom stereocenters. The molecule has 3 nitrogen and oxygen atoms in total. The molecule has 0 radical (unpaired) electrons. The van der Waals surface area contributed by atoms with Crippen LogP contribution in [0.1, 0.15) is 36.9 Å². The van der Waals surface area contributed by atoms with Crippen molar-refractivity contribution in [1.82, 2.24) is 9.78 Å². The zero-order valence-corrected chi connectivity index (χ0v) is 14.2. The standard InChI is InChI=1S/C15H17Cl3N2O/c1-3-12-15(18)13(20(4-2)19-12)8-14(21)9-5-10(16)7-11(17)6-9/h5-7,14,21H,3-4,8H2,1-2H3. The van der Waals surface area contributed by atoms with Crippen molar-refractivity contribution in [2.24, 2.45) is 0 Å². The van der Waals surface area contributed by atoms with Crippen molar-refractivity contribution in [3.05, 3.63) is 50.2 Å². The van der Waals surface area contributed by atoms with Crippen LogP contribution in [0.5, 0.6) is 0 Å². The van der Waals surface area contributed by atoms with Gasteiger partial charge in [-0.05, 0) is 37.1 Å². The lowest BCUT2D eigenvalue weighted by Gasteiger charge is -2.13. The van der Waals surface area contributed by atoms with Crippen LogP contribution in [0.15, 0.2) is 18.2 Å². The fourth-order valence-corrected chi connectivity index (χ4v) is 3.17. The highest BCUT2D eigenvalue weighted by Crippen LogP contribution is 2.29. The van der Waals surface area contributed by atoms with Crippen LogP contribution in [0.2, 0.25) is 15.1 Å². The molecule has 1 N–H and O–H groups in total. The minimum atomic E-state index is -0.731. The Morgan fingerprint density at radius 3 is 2.29 bits per heavy atom. The average Bonchev–Trinajstić information content (AvgIpc) is 2.74. The molecule has 1 unspecified atom stereocenters. The highest BCUT2D eigenvalue weighted by atomic mass is 35.5. The Hall–Kier alpha value is -0.740. The Bertz CT molecular complexity index is 620. The lowest BCUT2D eigenvalue weighted by molar-refractivity contribution is 0.175. The number of aromatic nitrogens is 2. The molecule has 0 fully saturated rings. The molecule has 1 heterocycles. The molecule has 1 aromatic carbocycles. The van der Waals surface area contributed by atoms with E-state index in [-0.39, 0.29) is 0 Å². The largest absolute Gasteiger partial charge is 0.388 e. The van der Waals surface area contributed by atoms with Crippen molar-refractivity contribution in [1.29, 1.82) is 0 Å². The number of hydrogen-bond donors (Lipinski definition) is 1. The Morgan fingerprint density at radius 2 is 1.76 bits per heavy atom. The van der Waals surface area contributed by atoms with Gasteiger partial charge in [0.1, 0.15) is 0 Å². The molecule has 1 aromatic heterocycles. The Balaban J connectivity index is 2.30. The summed E-state index contributed by atoms with van der Waals surface area (Å²) in [6, 6.07) is 5.05. The topological polar surface area (TPSA) is 38.0 Å². The Labute approximate surface area is 139 Å². The third kappa shape index (κ3) is 3.72. The quantitative estimate of drug-likeness (QED) is 0.851. The van der Waals surface area contributed by atoms with Gasteiger partial charge in [-0.25, -0.2) is 0 Å². The maximum absolute atomic E-state index is 10.4. The summed E-state index contributed by atoms with van der Waals surface area (Å²) in [6.45, 7) is 4.71. The second-order valence-electron chi connectivity index (χ2n) is 4.80. The number of rotatable bonds is 5. The molecule has 0 saturated heterocycles. The van der Waals surface area contributed by atoms with Crippen LogP contribution < -0.4 is 0 Å². The van der Waals surface area contributed by atoms with Gasteiger partial charge < -0.3 is 5.11 Å². The fourth-order valence-electron chi connectivity index (χ4n) is 2.28. The second-order valence-corrected chi connectivity index (χ2v) is 6.05. The number of hydrogen-bond acceptors (Lipinski definition) is 2. The Morgan fingerprint density at radius 1 is 1.14 bits per heavy atom. The van der Waals surface area contributed by atoms with E-state index in [0.717, 1.165) is 17.8 Å². The molecule has 114 valence electrons. The molecule has 2 aromatic rings.